The van der Waals surface area contributed by atoms with E-state index in [9.17, 15) is 0 Å². The summed E-state index contributed by atoms with van der Waals surface area (Å²) in [5, 5.41) is 4.59. The van der Waals surface area contributed by atoms with Crippen LogP contribution in [0.25, 0.3) is 0 Å². The minimum atomic E-state index is 0.395. The van der Waals surface area contributed by atoms with E-state index in [0.29, 0.717) is 6.04 Å². The SMILES string of the molecule is CCNC(C)c1sc(N(C)CCCN(C)C)nc1C. The molecule has 110 valence electrons. The maximum atomic E-state index is 4.70. The summed E-state index contributed by atoms with van der Waals surface area (Å²) in [5.74, 6) is 0. The van der Waals surface area contributed by atoms with Gasteiger partial charge in [-0.15, -0.1) is 11.3 Å². The Hall–Kier alpha value is -0.650. The molecular weight excluding hydrogens is 256 g/mol. The Kier molecular flexibility index (Phi) is 6.75. The number of anilines is 1. The van der Waals surface area contributed by atoms with Crippen LogP contribution in [0.15, 0.2) is 0 Å². The van der Waals surface area contributed by atoms with Gasteiger partial charge >= 0.3 is 0 Å². The van der Waals surface area contributed by atoms with Gasteiger partial charge in [0.05, 0.1) is 5.69 Å². The van der Waals surface area contributed by atoms with E-state index in [4.69, 9.17) is 4.98 Å². The molecule has 1 heterocycles. The molecule has 0 bridgehead atoms. The first-order valence-corrected chi connectivity index (χ1v) is 7.84. The molecule has 1 aromatic rings. The second-order valence-corrected chi connectivity index (χ2v) is 6.31. The number of aromatic nitrogens is 1. The molecule has 1 aromatic heterocycles. The van der Waals surface area contributed by atoms with Crippen LogP contribution in [0, 0.1) is 6.92 Å². The lowest BCUT2D eigenvalue weighted by atomic mass is 10.2. The van der Waals surface area contributed by atoms with Crippen molar-refractivity contribution >= 4 is 16.5 Å². The van der Waals surface area contributed by atoms with E-state index in [1.807, 2.05) is 11.3 Å². The van der Waals surface area contributed by atoms with Gasteiger partial charge in [0, 0.05) is 24.5 Å². The van der Waals surface area contributed by atoms with Crippen molar-refractivity contribution in [3.05, 3.63) is 10.6 Å². The summed E-state index contributed by atoms with van der Waals surface area (Å²) in [6.07, 6.45) is 1.17. The van der Waals surface area contributed by atoms with Crippen molar-refractivity contribution in [1.29, 1.82) is 0 Å². The molecule has 0 saturated carbocycles. The molecule has 1 rings (SSSR count). The van der Waals surface area contributed by atoms with E-state index in [1.54, 1.807) is 0 Å². The number of hydrogen-bond acceptors (Lipinski definition) is 5. The molecule has 0 aliphatic heterocycles. The highest BCUT2D eigenvalue weighted by molar-refractivity contribution is 7.15. The Morgan fingerprint density at radius 3 is 2.53 bits per heavy atom. The summed E-state index contributed by atoms with van der Waals surface area (Å²) in [6.45, 7) is 9.62. The molecule has 1 atom stereocenters. The van der Waals surface area contributed by atoms with Crippen LogP contribution in [0.4, 0.5) is 5.13 Å². The van der Waals surface area contributed by atoms with Crippen molar-refractivity contribution in [1.82, 2.24) is 15.2 Å². The van der Waals surface area contributed by atoms with E-state index >= 15 is 0 Å². The van der Waals surface area contributed by atoms with E-state index < -0.39 is 0 Å². The summed E-state index contributed by atoms with van der Waals surface area (Å²) in [6, 6.07) is 0.395. The first-order chi connectivity index (χ1) is 8.95. The van der Waals surface area contributed by atoms with Gasteiger partial charge in [-0.1, -0.05) is 6.92 Å². The molecule has 0 radical (unpaired) electrons. The van der Waals surface area contributed by atoms with Crippen molar-refractivity contribution in [2.75, 3.05) is 45.7 Å². The zero-order valence-electron chi connectivity index (χ0n) is 13.2. The zero-order valence-corrected chi connectivity index (χ0v) is 14.0. The zero-order chi connectivity index (χ0) is 14.4. The fourth-order valence-corrected chi connectivity index (χ4v) is 3.16. The van der Waals surface area contributed by atoms with Crippen LogP contribution in [0.3, 0.4) is 0 Å². The van der Waals surface area contributed by atoms with E-state index in [0.717, 1.165) is 30.5 Å². The first kappa shape index (κ1) is 16.4. The molecular formula is C14H28N4S. The minimum Gasteiger partial charge on any atom is -0.351 e. The fourth-order valence-electron chi connectivity index (χ4n) is 2.08. The minimum absolute atomic E-state index is 0.395. The monoisotopic (exact) mass is 284 g/mol. The summed E-state index contributed by atoms with van der Waals surface area (Å²) in [4.78, 5) is 10.5. The number of nitrogens with one attached hydrogen (secondary N) is 1. The Balaban J connectivity index is 2.61. The van der Waals surface area contributed by atoms with Crippen LogP contribution in [0.1, 0.15) is 36.9 Å². The van der Waals surface area contributed by atoms with Crippen LogP contribution in [-0.4, -0.2) is 50.7 Å². The lowest BCUT2D eigenvalue weighted by Crippen LogP contribution is -2.23. The van der Waals surface area contributed by atoms with Gasteiger partial charge in [0.2, 0.25) is 0 Å². The van der Waals surface area contributed by atoms with Gasteiger partial charge in [-0.25, -0.2) is 4.98 Å². The first-order valence-electron chi connectivity index (χ1n) is 7.02. The van der Waals surface area contributed by atoms with Crippen LogP contribution >= 0.6 is 11.3 Å². The highest BCUT2D eigenvalue weighted by Gasteiger charge is 2.15. The molecule has 4 nitrogen and oxygen atoms in total. The third-order valence-corrected chi connectivity index (χ3v) is 4.60. The van der Waals surface area contributed by atoms with E-state index in [2.05, 4.69) is 57.0 Å². The molecule has 1 unspecified atom stereocenters. The van der Waals surface area contributed by atoms with Crippen molar-refractivity contribution in [2.45, 2.75) is 33.2 Å². The quantitative estimate of drug-likeness (QED) is 0.795. The summed E-state index contributed by atoms with van der Waals surface area (Å²) in [5.41, 5.74) is 1.16. The van der Waals surface area contributed by atoms with Gasteiger partial charge < -0.3 is 15.1 Å². The molecule has 0 saturated heterocycles. The standard InChI is InChI=1S/C14H28N4S/c1-7-15-11(2)13-12(3)16-14(19-13)18(6)10-8-9-17(4)5/h11,15H,7-10H2,1-6H3. The van der Waals surface area contributed by atoms with Gasteiger partial charge in [0.1, 0.15) is 0 Å². The second-order valence-electron chi connectivity index (χ2n) is 5.30. The topological polar surface area (TPSA) is 31.4 Å². The van der Waals surface area contributed by atoms with Gasteiger partial charge in [0.15, 0.2) is 5.13 Å². The average Bonchev–Trinajstić information content (AvgIpc) is 2.71. The third-order valence-electron chi connectivity index (χ3n) is 3.15. The molecule has 0 aliphatic carbocycles. The number of aryl methyl sites for hydroxylation is 1. The highest BCUT2D eigenvalue weighted by atomic mass is 32.1. The lowest BCUT2D eigenvalue weighted by Gasteiger charge is -2.17. The maximum absolute atomic E-state index is 4.70. The van der Waals surface area contributed by atoms with Crippen LogP contribution in [-0.2, 0) is 0 Å². The molecule has 0 fully saturated rings. The van der Waals surface area contributed by atoms with Gasteiger partial charge in [-0.3, -0.25) is 0 Å². The molecule has 0 aromatic carbocycles. The van der Waals surface area contributed by atoms with Crippen LogP contribution in [0.5, 0.6) is 0 Å². The number of rotatable bonds is 8. The predicted molar refractivity (Wildman–Crippen MR) is 85.4 cm³/mol. The van der Waals surface area contributed by atoms with Crippen LogP contribution < -0.4 is 10.2 Å². The van der Waals surface area contributed by atoms with Crippen molar-refractivity contribution in [3.8, 4) is 0 Å². The molecule has 19 heavy (non-hydrogen) atoms. The highest BCUT2D eigenvalue weighted by Crippen LogP contribution is 2.30. The molecule has 1 N–H and O–H groups in total. The van der Waals surface area contributed by atoms with E-state index in [1.165, 1.54) is 11.3 Å². The largest absolute Gasteiger partial charge is 0.351 e. The Bertz CT molecular complexity index is 376. The van der Waals surface area contributed by atoms with Crippen molar-refractivity contribution < 1.29 is 0 Å². The second kappa shape index (κ2) is 7.82. The van der Waals surface area contributed by atoms with E-state index in [-0.39, 0.29) is 0 Å². The number of hydrogen-bond donors (Lipinski definition) is 1. The molecule has 5 heteroatoms. The Morgan fingerprint density at radius 2 is 1.95 bits per heavy atom. The third kappa shape index (κ3) is 5.09. The summed E-state index contributed by atoms with van der Waals surface area (Å²) < 4.78 is 0. The van der Waals surface area contributed by atoms with Crippen molar-refractivity contribution in [3.63, 3.8) is 0 Å². The predicted octanol–water partition coefficient (Wildman–Crippen LogP) is 2.51. The molecule has 0 amide bonds. The Morgan fingerprint density at radius 1 is 1.26 bits per heavy atom. The summed E-state index contributed by atoms with van der Waals surface area (Å²) in [7, 11) is 6.36. The van der Waals surface area contributed by atoms with Crippen molar-refractivity contribution in [2.24, 2.45) is 0 Å². The number of nitrogens with zero attached hydrogens (tertiary/aromatic N) is 3. The van der Waals surface area contributed by atoms with Gasteiger partial charge in [-0.05, 0) is 47.5 Å². The number of thiazole rings is 1. The van der Waals surface area contributed by atoms with Gasteiger partial charge in [-0.2, -0.15) is 0 Å². The van der Waals surface area contributed by atoms with Crippen LogP contribution in [0.2, 0.25) is 0 Å². The Labute approximate surface area is 121 Å². The smallest absolute Gasteiger partial charge is 0.185 e. The summed E-state index contributed by atoms with van der Waals surface area (Å²) >= 11 is 1.81. The average molecular weight is 284 g/mol. The molecule has 0 aliphatic rings. The normalized spacial score (nSPS) is 13.0. The molecule has 0 spiro atoms. The lowest BCUT2D eigenvalue weighted by molar-refractivity contribution is 0.401. The maximum Gasteiger partial charge on any atom is 0.185 e. The van der Waals surface area contributed by atoms with Gasteiger partial charge in [0.25, 0.3) is 0 Å². The fraction of sp³-hybridized carbons (Fsp3) is 0.786.